The van der Waals surface area contributed by atoms with Crippen LogP contribution in [0.4, 0.5) is 0 Å². The summed E-state index contributed by atoms with van der Waals surface area (Å²) in [5.41, 5.74) is 3.16. The highest BCUT2D eigenvalue weighted by Crippen LogP contribution is 2.34. The molecule has 2 aliphatic rings. The highest BCUT2D eigenvalue weighted by molar-refractivity contribution is 4.93. The van der Waals surface area contributed by atoms with Gasteiger partial charge < -0.3 is 4.90 Å². The zero-order valence-corrected chi connectivity index (χ0v) is 12.9. The maximum absolute atomic E-state index is 5.91. The predicted octanol–water partition coefficient (Wildman–Crippen LogP) is 1.28. The van der Waals surface area contributed by atoms with Crippen molar-refractivity contribution in [3.05, 3.63) is 0 Å². The number of hydrogen-bond donors (Lipinski definition) is 2. The van der Waals surface area contributed by atoms with Crippen LogP contribution in [0.2, 0.25) is 0 Å². The molecule has 0 aromatic rings. The van der Waals surface area contributed by atoms with Crippen molar-refractivity contribution in [3.8, 4) is 0 Å². The lowest BCUT2D eigenvalue weighted by molar-refractivity contribution is 0.0578. The zero-order valence-electron chi connectivity index (χ0n) is 12.9. The second-order valence-corrected chi connectivity index (χ2v) is 6.69. The van der Waals surface area contributed by atoms with Crippen LogP contribution in [0.5, 0.6) is 0 Å². The molecular weight excluding hydrogens is 236 g/mol. The van der Waals surface area contributed by atoms with Crippen molar-refractivity contribution in [3.63, 3.8) is 0 Å². The molecule has 1 aliphatic carbocycles. The Bertz CT molecular complexity index is 263. The first-order valence-corrected chi connectivity index (χ1v) is 8.00. The van der Waals surface area contributed by atoms with E-state index in [1.807, 2.05) is 0 Å². The van der Waals surface area contributed by atoms with Crippen LogP contribution in [0.1, 0.15) is 39.0 Å². The number of nitrogens with two attached hydrogens (primary N) is 1. The van der Waals surface area contributed by atoms with E-state index in [9.17, 15) is 0 Å². The Labute approximate surface area is 118 Å². The molecule has 112 valence electrons. The first-order valence-electron chi connectivity index (χ1n) is 8.00. The van der Waals surface area contributed by atoms with Crippen molar-refractivity contribution in [2.24, 2.45) is 17.7 Å². The fraction of sp³-hybridized carbons (Fsp3) is 1.00. The van der Waals surface area contributed by atoms with Crippen LogP contribution in [-0.4, -0.2) is 55.6 Å². The summed E-state index contributed by atoms with van der Waals surface area (Å²) in [6, 6.07) is 1.01. The van der Waals surface area contributed by atoms with Gasteiger partial charge in [-0.15, -0.1) is 0 Å². The quantitative estimate of drug-likeness (QED) is 0.595. The topological polar surface area (TPSA) is 44.5 Å². The van der Waals surface area contributed by atoms with E-state index in [4.69, 9.17) is 5.84 Å². The van der Waals surface area contributed by atoms with E-state index < -0.39 is 0 Å². The monoisotopic (exact) mass is 268 g/mol. The van der Waals surface area contributed by atoms with E-state index >= 15 is 0 Å². The van der Waals surface area contributed by atoms with Crippen molar-refractivity contribution < 1.29 is 0 Å². The maximum Gasteiger partial charge on any atom is 0.0406 e. The average molecular weight is 268 g/mol. The molecule has 1 heterocycles. The van der Waals surface area contributed by atoms with Gasteiger partial charge in [-0.2, -0.15) is 0 Å². The fourth-order valence-electron chi connectivity index (χ4n) is 3.95. The van der Waals surface area contributed by atoms with E-state index in [2.05, 4.69) is 36.2 Å². The van der Waals surface area contributed by atoms with Crippen LogP contribution in [0, 0.1) is 11.8 Å². The molecule has 3 N–H and O–H groups in total. The SMILES string of the molecule is CCC1CCC(C(NN)C2CN(C)CCN2C)CC1. The minimum Gasteiger partial charge on any atom is -0.303 e. The molecule has 2 fully saturated rings. The summed E-state index contributed by atoms with van der Waals surface area (Å²) in [4.78, 5) is 4.93. The molecule has 2 atom stereocenters. The predicted molar refractivity (Wildman–Crippen MR) is 80.8 cm³/mol. The Kier molecular flexibility index (Phi) is 5.63. The molecule has 2 rings (SSSR count). The lowest BCUT2D eigenvalue weighted by Gasteiger charge is -2.45. The molecule has 0 amide bonds. The van der Waals surface area contributed by atoms with Gasteiger partial charge in [-0.1, -0.05) is 26.2 Å². The molecule has 0 radical (unpaired) electrons. The molecular formula is C15H32N4. The zero-order chi connectivity index (χ0) is 13.8. The minimum absolute atomic E-state index is 0.450. The Morgan fingerprint density at radius 2 is 1.84 bits per heavy atom. The lowest BCUT2D eigenvalue weighted by atomic mass is 9.75. The molecule has 1 saturated heterocycles. The number of nitrogens with one attached hydrogen (secondary N) is 1. The number of hydrazine groups is 1. The highest BCUT2D eigenvalue weighted by Gasteiger charge is 2.35. The van der Waals surface area contributed by atoms with Gasteiger partial charge in [0, 0.05) is 31.7 Å². The van der Waals surface area contributed by atoms with Crippen molar-refractivity contribution in [2.75, 3.05) is 33.7 Å². The Hall–Kier alpha value is -0.160. The Morgan fingerprint density at radius 3 is 2.42 bits per heavy atom. The fourth-order valence-corrected chi connectivity index (χ4v) is 3.95. The number of likely N-dealkylation sites (N-methyl/N-ethyl adjacent to an activating group) is 2. The largest absolute Gasteiger partial charge is 0.303 e. The Balaban J connectivity index is 1.95. The third kappa shape index (κ3) is 3.69. The van der Waals surface area contributed by atoms with Gasteiger partial charge in [-0.05, 0) is 38.8 Å². The molecule has 0 spiro atoms. The third-order valence-corrected chi connectivity index (χ3v) is 5.48. The minimum atomic E-state index is 0.450. The van der Waals surface area contributed by atoms with Crippen LogP contribution >= 0.6 is 0 Å². The summed E-state index contributed by atoms with van der Waals surface area (Å²) >= 11 is 0. The second-order valence-electron chi connectivity index (χ2n) is 6.69. The van der Waals surface area contributed by atoms with Gasteiger partial charge in [0.1, 0.15) is 0 Å². The van der Waals surface area contributed by atoms with E-state index in [-0.39, 0.29) is 0 Å². The van der Waals surface area contributed by atoms with Gasteiger partial charge in [-0.25, -0.2) is 0 Å². The van der Waals surface area contributed by atoms with Gasteiger partial charge in [0.25, 0.3) is 0 Å². The summed E-state index contributed by atoms with van der Waals surface area (Å²) in [5, 5.41) is 0. The first kappa shape index (κ1) is 15.2. The summed E-state index contributed by atoms with van der Waals surface area (Å²) in [6.45, 7) is 5.79. The molecule has 4 nitrogen and oxygen atoms in total. The number of nitrogens with zero attached hydrogens (tertiary/aromatic N) is 2. The molecule has 19 heavy (non-hydrogen) atoms. The van der Waals surface area contributed by atoms with Crippen molar-refractivity contribution in [1.82, 2.24) is 15.2 Å². The van der Waals surface area contributed by atoms with Crippen molar-refractivity contribution >= 4 is 0 Å². The maximum atomic E-state index is 5.91. The van der Waals surface area contributed by atoms with Gasteiger partial charge in [0.15, 0.2) is 0 Å². The lowest BCUT2D eigenvalue weighted by Crippen LogP contribution is -2.62. The summed E-state index contributed by atoms with van der Waals surface area (Å²) in [7, 11) is 4.47. The molecule has 0 bridgehead atoms. The van der Waals surface area contributed by atoms with Crippen LogP contribution in [0.15, 0.2) is 0 Å². The van der Waals surface area contributed by atoms with E-state index in [0.29, 0.717) is 12.1 Å². The van der Waals surface area contributed by atoms with Crippen molar-refractivity contribution in [1.29, 1.82) is 0 Å². The summed E-state index contributed by atoms with van der Waals surface area (Å²) in [5.74, 6) is 7.63. The molecule has 1 aliphatic heterocycles. The average Bonchev–Trinajstić information content (AvgIpc) is 2.44. The Morgan fingerprint density at radius 1 is 1.16 bits per heavy atom. The van der Waals surface area contributed by atoms with E-state index in [1.54, 1.807) is 0 Å². The number of rotatable bonds is 4. The van der Waals surface area contributed by atoms with Crippen molar-refractivity contribution in [2.45, 2.75) is 51.1 Å². The molecule has 1 saturated carbocycles. The molecule has 2 unspecified atom stereocenters. The van der Waals surface area contributed by atoms with Crippen LogP contribution in [0.3, 0.4) is 0 Å². The standard InChI is InChI=1S/C15H32N4/c1-4-12-5-7-13(8-6-12)15(17-16)14-11-18(2)9-10-19(14)3/h12-15,17H,4-11,16H2,1-3H3. The van der Waals surface area contributed by atoms with Crippen LogP contribution < -0.4 is 11.3 Å². The second kappa shape index (κ2) is 7.02. The summed E-state index contributed by atoms with van der Waals surface area (Å²) < 4.78 is 0. The smallest absolute Gasteiger partial charge is 0.0406 e. The first-order chi connectivity index (χ1) is 9.15. The van der Waals surface area contributed by atoms with Crippen LogP contribution in [0.25, 0.3) is 0 Å². The van der Waals surface area contributed by atoms with Gasteiger partial charge in [-0.3, -0.25) is 16.2 Å². The number of hydrogen-bond acceptors (Lipinski definition) is 4. The normalized spacial score (nSPS) is 36.3. The molecule has 4 heteroatoms. The van der Waals surface area contributed by atoms with Gasteiger partial charge >= 0.3 is 0 Å². The van der Waals surface area contributed by atoms with Gasteiger partial charge in [0.2, 0.25) is 0 Å². The van der Waals surface area contributed by atoms with Crippen LogP contribution in [-0.2, 0) is 0 Å². The van der Waals surface area contributed by atoms with E-state index in [0.717, 1.165) is 24.9 Å². The third-order valence-electron chi connectivity index (χ3n) is 5.48. The highest BCUT2D eigenvalue weighted by atomic mass is 15.3. The molecule has 0 aromatic heterocycles. The van der Waals surface area contributed by atoms with E-state index in [1.165, 1.54) is 38.6 Å². The van der Waals surface area contributed by atoms with Gasteiger partial charge in [0.05, 0.1) is 0 Å². The summed E-state index contributed by atoms with van der Waals surface area (Å²) in [6.07, 6.45) is 6.83. The number of piperazine rings is 1. The molecule has 0 aromatic carbocycles.